The normalized spacial score (nSPS) is 20.1. The molecule has 3 heterocycles. The van der Waals surface area contributed by atoms with E-state index in [1.807, 2.05) is 16.5 Å². The van der Waals surface area contributed by atoms with Crippen LogP contribution in [0.25, 0.3) is 0 Å². The summed E-state index contributed by atoms with van der Waals surface area (Å²) in [6, 6.07) is 5.40. The van der Waals surface area contributed by atoms with Crippen molar-refractivity contribution in [1.82, 2.24) is 14.8 Å². The molecule has 4 rings (SSSR count). The Kier molecular flexibility index (Phi) is 6.67. The SMILES string of the molecule is O=C(c1cccc(Cl)c1Cl)N1CCN(CC2C=CC=C([As])N2c2nccs2)CC1. The maximum absolute atomic E-state index is 12.8. The average Bonchev–Trinajstić information content (AvgIpc) is 3.24. The molecular weight excluding hydrogens is 490 g/mol. The van der Waals surface area contributed by atoms with Crippen LogP contribution in [0.3, 0.4) is 0 Å². The molecule has 2 aliphatic rings. The van der Waals surface area contributed by atoms with Gasteiger partial charge in [-0.25, -0.2) is 0 Å². The van der Waals surface area contributed by atoms with Gasteiger partial charge in [-0.15, -0.1) is 0 Å². The molecule has 2 radical (unpaired) electrons. The Balaban J connectivity index is 1.38. The van der Waals surface area contributed by atoms with Crippen LogP contribution >= 0.6 is 34.5 Å². The van der Waals surface area contributed by atoms with Crippen molar-refractivity contribution in [2.45, 2.75) is 6.04 Å². The van der Waals surface area contributed by atoms with Gasteiger partial charge < -0.3 is 0 Å². The fourth-order valence-electron chi connectivity index (χ4n) is 3.56. The molecule has 2 aliphatic heterocycles. The molecule has 0 bridgehead atoms. The number of anilines is 1. The molecule has 1 amide bonds. The van der Waals surface area contributed by atoms with Crippen LogP contribution in [-0.2, 0) is 0 Å². The number of allylic oxidation sites excluding steroid dienone is 2. The molecule has 2 aromatic rings. The van der Waals surface area contributed by atoms with E-state index in [0.29, 0.717) is 28.7 Å². The number of amides is 1. The third kappa shape index (κ3) is 4.57. The van der Waals surface area contributed by atoms with Crippen molar-refractivity contribution >= 4 is 62.4 Å². The van der Waals surface area contributed by atoms with Crippen LogP contribution in [-0.4, -0.2) is 76.3 Å². The number of hydrogen-bond donors (Lipinski definition) is 0. The average molecular weight is 509 g/mol. The molecule has 29 heavy (non-hydrogen) atoms. The Labute approximate surface area is 193 Å². The molecule has 1 fully saturated rings. The van der Waals surface area contributed by atoms with Crippen LogP contribution in [0.5, 0.6) is 0 Å². The fourth-order valence-corrected chi connectivity index (χ4v) is 5.49. The summed E-state index contributed by atoms with van der Waals surface area (Å²) in [6.07, 6.45) is 8.23. The molecule has 0 spiro atoms. The minimum absolute atomic E-state index is 0.0600. The first kappa shape index (κ1) is 21.0. The summed E-state index contributed by atoms with van der Waals surface area (Å²) in [4.78, 5) is 23.8. The summed E-state index contributed by atoms with van der Waals surface area (Å²) in [5, 5.41) is 3.73. The zero-order chi connectivity index (χ0) is 20.4. The van der Waals surface area contributed by atoms with Crippen molar-refractivity contribution in [1.29, 1.82) is 0 Å². The van der Waals surface area contributed by atoms with Crippen molar-refractivity contribution in [3.8, 4) is 0 Å². The molecule has 0 N–H and O–H groups in total. The number of benzene rings is 1. The Morgan fingerprint density at radius 3 is 2.76 bits per heavy atom. The molecule has 1 aromatic heterocycles. The van der Waals surface area contributed by atoms with E-state index in [2.05, 4.69) is 49.9 Å². The predicted octanol–water partition coefficient (Wildman–Crippen LogP) is 3.66. The van der Waals surface area contributed by atoms with Crippen molar-refractivity contribution in [3.63, 3.8) is 0 Å². The zero-order valence-corrected chi connectivity index (χ0v) is 19.7. The molecule has 1 saturated heterocycles. The van der Waals surface area contributed by atoms with E-state index in [-0.39, 0.29) is 11.9 Å². The summed E-state index contributed by atoms with van der Waals surface area (Å²) < 4.78 is 1.13. The van der Waals surface area contributed by atoms with Crippen LogP contribution in [0.15, 0.2) is 52.5 Å². The number of hydrogen-bond acceptors (Lipinski definition) is 5. The number of thiazole rings is 1. The van der Waals surface area contributed by atoms with Crippen LogP contribution in [0, 0.1) is 0 Å². The van der Waals surface area contributed by atoms with E-state index >= 15 is 0 Å². The van der Waals surface area contributed by atoms with Crippen molar-refractivity contribution in [2.75, 3.05) is 37.6 Å². The van der Waals surface area contributed by atoms with Gasteiger partial charge >= 0.3 is 176 Å². The van der Waals surface area contributed by atoms with Gasteiger partial charge in [0.2, 0.25) is 0 Å². The number of halogens is 2. The molecule has 0 aliphatic carbocycles. The molecule has 0 saturated carbocycles. The zero-order valence-electron chi connectivity index (χ0n) is 15.5. The quantitative estimate of drug-likeness (QED) is 0.591. The third-order valence-corrected chi connectivity index (χ3v) is 7.42. The molecule has 5 nitrogen and oxygen atoms in total. The number of aromatic nitrogens is 1. The van der Waals surface area contributed by atoms with Gasteiger partial charge in [-0.3, -0.25) is 0 Å². The van der Waals surface area contributed by atoms with E-state index in [4.69, 9.17) is 23.2 Å². The van der Waals surface area contributed by atoms with E-state index in [0.717, 1.165) is 29.3 Å². The predicted molar refractivity (Wildman–Crippen MR) is 120 cm³/mol. The second kappa shape index (κ2) is 9.23. The summed E-state index contributed by atoms with van der Waals surface area (Å²) in [5.74, 6) is -0.0600. The standard InChI is InChI=1S/C20H19AsCl2N4OS/c21-17-6-1-3-14(27(17)20-24-7-12-29-20)13-25-8-10-26(11-9-25)19(28)15-4-2-5-16(22)18(15)23/h1-7,12,14H,8-11,13H2. The number of nitrogens with zero attached hydrogens (tertiary/aromatic N) is 4. The Hall–Kier alpha value is -1.30. The van der Waals surface area contributed by atoms with Gasteiger partial charge in [0, 0.05) is 0 Å². The molecule has 9 heteroatoms. The first-order chi connectivity index (χ1) is 14.0. The summed E-state index contributed by atoms with van der Waals surface area (Å²) in [5.41, 5.74) is 0.469. The molecule has 1 unspecified atom stereocenters. The van der Waals surface area contributed by atoms with Crippen LogP contribution < -0.4 is 4.90 Å². The third-order valence-electron chi connectivity index (χ3n) is 5.07. The van der Waals surface area contributed by atoms with Crippen LogP contribution in [0.2, 0.25) is 10.0 Å². The van der Waals surface area contributed by atoms with E-state index < -0.39 is 0 Å². The van der Waals surface area contributed by atoms with E-state index in [1.54, 1.807) is 29.5 Å². The topological polar surface area (TPSA) is 39.7 Å². The first-order valence-electron chi connectivity index (χ1n) is 9.26. The van der Waals surface area contributed by atoms with Crippen LogP contribution in [0.4, 0.5) is 5.13 Å². The van der Waals surface area contributed by atoms with Gasteiger partial charge in [0.25, 0.3) is 0 Å². The maximum atomic E-state index is 12.8. The molecule has 150 valence electrons. The molecule has 1 aromatic carbocycles. The van der Waals surface area contributed by atoms with Gasteiger partial charge in [0.1, 0.15) is 0 Å². The Bertz CT molecular complexity index is 942. The van der Waals surface area contributed by atoms with Crippen LogP contribution in [0.1, 0.15) is 10.4 Å². The molecular formula is C20H19AsCl2N4OS. The molecule has 1 atom stereocenters. The van der Waals surface area contributed by atoms with E-state index in [1.165, 1.54) is 0 Å². The van der Waals surface area contributed by atoms with Gasteiger partial charge in [0.15, 0.2) is 0 Å². The second-order valence-corrected chi connectivity index (χ2v) is 9.48. The van der Waals surface area contributed by atoms with Gasteiger partial charge in [-0.05, 0) is 6.07 Å². The summed E-state index contributed by atoms with van der Waals surface area (Å²) in [6.45, 7) is 3.85. The summed E-state index contributed by atoms with van der Waals surface area (Å²) >= 11 is 16.6. The van der Waals surface area contributed by atoms with E-state index in [9.17, 15) is 4.79 Å². The Morgan fingerprint density at radius 1 is 1.24 bits per heavy atom. The second-order valence-electron chi connectivity index (χ2n) is 6.86. The van der Waals surface area contributed by atoms with Gasteiger partial charge in [-0.1, -0.05) is 11.6 Å². The number of carbonyl (C=O) groups is 1. The summed E-state index contributed by atoms with van der Waals surface area (Å²) in [7, 11) is 0. The number of carbonyl (C=O) groups excluding carboxylic acids is 1. The van der Waals surface area contributed by atoms with Crippen molar-refractivity contribution in [3.05, 3.63) is 68.1 Å². The minimum atomic E-state index is -0.0600. The van der Waals surface area contributed by atoms with Crippen molar-refractivity contribution < 1.29 is 4.79 Å². The van der Waals surface area contributed by atoms with Gasteiger partial charge in [-0.2, -0.15) is 0 Å². The van der Waals surface area contributed by atoms with Crippen molar-refractivity contribution in [2.24, 2.45) is 0 Å². The fraction of sp³-hybridized carbons (Fsp3) is 0.300. The number of rotatable bonds is 4. The van der Waals surface area contributed by atoms with Gasteiger partial charge in [0.05, 0.1) is 0 Å². The monoisotopic (exact) mass is 508 g/mol. The first-order valence-corrected chi connectivity index (χ1v) is 11.8. The Morgan fingerprint density at radius 2 is 2.03 bits per heavy atom. The number of piperazine rings is 1.